The monoisotopic (exact) mass is 278 g/mol. The number of ether oxygens (including phenoxy) is 1. The van der Waals surface area contributed by atoms with E-state index in [1.54, 1.807) is 6.92 Å². The average molecular weight is 279 g/mol. The minimum Gasteiger partial charge on any atom is -0.466 e. The molecule has 2 nitrogen and oxygen atoms in total. The first kappa shape index (κ1) is 18.6. The fourth-order valence-corrected chi connectivity index (χ4v) is 0.866. The third kappa shape index (κ3) is 15.3. The van der Waals surface area contributed by atoms with E-state index in [-0.39, 0.29) is 11.3 Å². The van der Waals surface area contributed by atoms with Gasteiger partial charge in [-0.1, -0.05) is 24.3 Å². The molecule has 0 saturated heterocycles. The van der Waals surface area contributed by atoms with Crippen molar-refractivity contribution in [1.82, 2.24) is 0 Å². The molecule has 0 aliphatic carbocycles. The van der Waals surface area contributed by atoms with Crippen LogP contribution in [0.4, 0.5) is 0 Å². The zero-order valence-corrected chi connectivity index (χ0v) is 12.3. The molecule has 0 unspecified atom stereocenters. The first-order valence-electron chi connectivity index (χ1n) is 5.27. The number of esters is 1. The van der Waals surface area contributed by atoms with Crippen LogP contribution in [-0.2, 0) is 9.53 Å². The van der Waals surface area contributed by atoms with Gasteiger partial charge in [0.15, 0.2) is 0 Å². The number of aryl methyl sites for hydroxylation is 2. The molecule has 0 amide bonds. The van der Waals surface area contributed by atoms with Crippen molar-refractivity contribution < 1.29 is 9.53 Å². The fourth-order valence-electron chi connectivity index (χ4n) is 0.866. The van der Waals surface area contributed by atoms with Crippen LogP contribution >= 0.6 is 23.2 Å². The standard InChI is InChI=1S/C8H10.C4H8O2.CH2Cl2/c1-7-5-3-4-6-8(7)2;1-3-6-4(2)5;2-1-3/h3-6H,1-2H3;3H2,1-2H3;1H2. The fraction of sp³-hybridized carbons (Fsp3) is 0.462. The highest BCUT2D eigenvalue weighted by Gasteiger charge is 1.84. The first-order valence-corrected chi connectivity index (χ1v) is 6.33. The molecular weight excluding hydrogens is 259 g/mol. The van der Waals surface area contributed by atoms with E-state index in [9.17, 15) is 4.79 Å². The first-order chi connectivity index (χ1) is 7.99. The van der Waals surface area contributed by atoms with E-state index in [2.05, 4.69) is 42.8 Å². The molecule has 1 aromatic rings. The normalized spacial score (nSPS) is 8.12. The Labute approximate surface area is 114 Å². The number of benzene rings is 1. The van der Waals surface area contributed by atoms with E-state index >= 15 is 0 Å². The quantitative estimate of drug-likeness (QED) is 0.566. The van der Waals surface area contributed by atoms with Gasteiger partial charge in [0.05, 0.1) is 11.9 Å². The van der Waals surface area contributed by atoms with E-state index in [4.69, 9.17) is 23.2 Å². The Kier molecular flexibility index (Phi) is 14.6. The van der Waals surface area contributed by atoms with Gasteiger partial charge in [-0.3, -0.25) is 4.79 Å². The Bertz CT molecular complexity index is 280. The van der Waals surface area contributed by atoms with Gasteiger partial charge in [0.2, 0.25) is 0 Å². The highest BCUT2D eigenvalue weighted by atomic mass is 35.5. The maximum absolute atomic E-state index is 9.82. The molecule has 0 radical (unpaired) electrons. The second kappa shape index (κ2) is 13.3. The summed E-state index contributed by atoms with van der Waals surface area (Å²) in [7, 11) is 0. The molecule has 1 aromatic carbocycles. The Morgan fingerprint density at radius 1 is 1.18 bits per heavy atom. The van der Waals surface area contributed by atoms with Gasteiger partial charge in [0.25, 0.3) is 0 Å². The van der Waals surface area contributed by atoms with Gasteiger partial charge in [0, 0.05) is 6.92 Å². The van der Waals surface area contributed by atoms with E-state index in [1.807, 2.05) is 0 Å². The van der Waals surface area contributed by atoms with Crippen LogP contribution in [0.1, 0.15) is 25.0 Å². The predicted molar refractivity (Wildman–Crippen MR) is 74.8 cm³/mol. The van der Waals surface area contributed by atoms with Gasteiger partial charge in [-0.2, -0.15) is 0 Å². The van der Waals surface area contributed by atoms with Crippen molar-refractivity contribution in [3.05, 3.63) is 35.4 Å². The van der Waals surface area contributed by atoms with Gasteiger partial charge in [-0.25, -0.2) is 0 Å². The molecule has 0 aliphatic rings. The van der Waals surface area contributed by atoms with E-state index in [1.165, 1.54) is 18.1 Å². The topological polar surface area (TPSA) is 26.3 Å². The molecule has 0 heterocycles. The van der Waals surface area contributed by atoms with Crippen molar-refractivity contribution in [2.75, 3.05) is 11.9 Å². The summed E-state index contributed by atoms with van der Waals surface area (Å²) in [6.45, 7) is 7.89. The van der Waals surface area contributed by atoms with Crippen LogP contribution in [0.25, 0.3) is 0 Å². The van der Waals surface area contributed by atoms with Gasteiger partial charge < -0.3 is 4.74 Å². The molecule has 0 N–H and O–H groups in total. The number of rotatable bonds is 1. The summed E-state index contributed by atoms with van der Waals surface area (Å²) in [5, 5.41) is 0.194. The average Bonchev–Trinajstić information content (AvgIpc) is 2.24. The minimum atomic E-state index is -0.211. The highest BCUT2D eigenvalue weighted by Crippen LogP contribution is 2.02. The molecular formula is C13H20Cl2O2. The number of carbonyl (C=O) groups is 1. The summed E-state index contributed by atoms with van der Waals surface area (Å²) >= 11 is 9.53. The van der Waals surface area contributed by atoms with Gasteiger partial charge in [-0.15, -0.1) is 23.2 Å². The number of hydrogen-bond donors (Lipinski definition) is 0. The second-order valence-corrected chi connectivity index (χ2v) is 3.92. The van der Waals surface area contributed by atoms with Crippen LogP contribution < -0.4 is 0 Å². The van der Waals surface area contributed by atoms with Crippen LogP contribution in [0.5, 0.6) is 0 Å². The molecule has 0 aliphatic heterocycles. The van der Waals surface area contributed by atoms with Gasteiger partial charge in [0.1, 0.15) is 0 Å². The molecule has 4 heteroatoms. The maximum atomic E-state index is 9.82. The zero-order valence-electron chi connectivity index (χ0n) is 10.8. The molecule has 0 aromatic heterocycles. The molecule has 0 spiro atoms. The van der Waals surface area contributed by atoms with Crippen molar-refractivity contribution in [1.29, 1.82) is 0 Å². The van der Waals surface area contributed by atoms with Gasteiger partial charge >= 0.3 is 5.97 Å². The van der Waals surface area contributed by atoms with E-state index in [0.717, 1.165) is 0 Å². The molecule has 17 heavy (non-hydrogen) atoms. The van der Waals surface area contributed by atoms with Crippen LogP contribution in [0.15, 0.2) is 24.3 Å². The Morgan fingerprint density at radius 3 is 1.65 bits per heavy atom. The summed E-state index contributed by atoms with van der Waals surface area (Å²) in [6, 6.07) is 8.36. The van der Waals surface area contributed by atoms with Crippen molar-refractivity contribution in [3.63, 3.8) is 0 Å². The van der Waals surface area contributed by atoms with Gasteiger partial charge in [-0.05, 0) is 31.9 Å². The maximum Gasteiger partial charge on any atom is 0.302 e. The summed E-state index contributed by atoms with van der Waals surface area (Å²) in [6.07, 6.45) is 0. The Morgan fingerprint density at radius 2 is 1.53 bits per heavy atom. The highest BCUT2D eigenvalue weighted by molar-refractivity contribution is 6.40. The third-order valence-electron chi connectivity index (χ3n) is 1.77. The Hall–Kier alpha value is -0.730. The van der Waals surface area contributed by atoms with Crippen LogP contribution in [0, 0.1) is 13.8 Å². The van der Waals surface area contributed by atoms with E-state index < -0.39 is 0 Å². The van der Waals surface area contributed by atoms with Crippen LogP contribution in [-0.4, -0.2) is 17.9 Å². The lowest BCUT2D eigenvalue weighted by Crippen LogP contribution is -1.95. The Balaban J connectivity index is 0. The number of hydrogen-bond acceptors (Lipinski definition) is 2. The smallest absolute Gasteiger partial charge is 0.302 e. The summed E-state index contributed by atoms with van der Waals surface area (Å²) in [4.78, 5) is 9.82. The SMILES string of the molecule is CCOC(C)=O.Cc1ccccc1C.ClCCl. The summed E-state index contributed by atoms with van der Waals surface area (Å²) in [5.74, 6) is -0.211. The molecule has 0 saturated carbocycles. The second-order valence-electron chi connectivity index (χ2n) is 3.11. The summed E-state index contributed by atoms with van der Waals surface area (Å²) in [5.41, 5.74) is 2.74. The van der Waals surface area contributed by atoms with Crippen LogP contribution in [0.3, 0.4) is 0 Å². The van der Waals surface area contributed by atoms with Crippen molar-refractivity contribution in [2.45, 2.75) is 27.7 Å². The molecule has 1 rings (SSSR count). The molecule has 0 atom stereocenters. The number of alkyl halides is 2. The van der Waals surface area contributed by atoms with E-state index in [0.29, 0.717) is 6.61 Å². The third-order valence-corrected chi connectivity index (χ3v) is 1.77. The van der Waals surface area contributed by atoms with Crippen molar-refractivity contribution >= 4 is 29.2 Å². The minimum absolute atomic E-state index is 0.194. The van der Waals surface area contributed by atoms with Crippen molar-refractivity contribution in [3.8, 4) is 0 Å². The lowest BCUT2D eigenvalue weighted by atomic mass is 10.1. The molecule has 0 fully saturated rings. The lowest BCUT2D eigenvalue weighted by molar-refractivity contribution is -0.140. The lowest BCUT2D eigenvalue weighted by Gasteiger charge is -1.93. The predicted octanol–water partition coefficient (Wildman–Crippen LogP) is 4.29. The number of carbonyl (C=O) groups excluding carboxylic acids is 1. The van der Waals surface area contributed by atoms with Crippen LogP contribution in [0.2, 0.25) is 0 Å². The van der Waals surface area contributed by atoms with Crippen molar-refractivity contribution in [2.24, 2.45) is 0 Å². The molecule has 98 valence electrons. The molecule has 0 bridgehead atoms. The zero-order chi connectivity index (χ0) is 13.7. The summed E-state index contributed by atoms with van der Waals surface area (Å²) < 4.78 is 4.40. The largest absolute Gasteiger partial charge is 0.466 e. The number of halogens is 2.